The van der Waals surface area contributed by atoms with E-state index >= 15 is 0 Å². The van der Waals surface area contributed by atoms with Crippen molar-refractivity contribution in [1.82, 2.24) is 5.32 Å². The molecule has 1 heterocycles. The highest BCUT2D eigenvalue weighted by Gasteiger charge is 2.33. The molecule has 0 aliphatic heterocycles. The number of halogens is 4. The van der Waals surface area contributed by atoms with E-state index in [2.05, 4.69) is 21.2 Å². The Morgan fingerprint density at radius 3 is 2.48 bits per heavy atom. The summed E-state index contributed by atoms with van der Waals surface area (Å²) in [4.78, 5) is 12.2. The summed E-state index contributed by atoms with van der Waals surface area (Å²) in [6.45, 7) is 5.32. The lowest BCUT2D eigenvalue weighted by Crippen LogP contribution is -2.31. The second kappa shape index (κ2) is 6.32. The topological polar surface area (TPSA) is 38.3 Å². The summed E-state index contributed by atoms with van der Waals surface area (Å²) in [5, 5.41) is 3.03. The molecule has 23 heavy (non-hydrogen) atoms. The second-order valence-corrected chi connectivity index (χ2v) is 7.99. The predicted molar refractivity (Wildman–Crippen MR) is 87.6 cm³/mol. The lowest BCUT2D eigenvalue weighted by molar-refractivity contribution is -0.136. The third kappa shape index (κ3) is 4.84. The Kier molecular flexibility index (Phi) is 4.96. The van der Waals surface area contributed by atoms with E-state index in [-0.39, 0.29) is 11.2 Å². The molecular weight excluding hydrogens is 395 g/mol. The molecule has 0 aliphatic rings. The zero-order valence-corrected chi connectivity index (χ0v) is 15.1. The highest BCUT2D eigenvalue weighted by atomic mass is 79.9. The number of hydrogen-bond donors (Lipinski definition) is 1. The molecule has 1 aromatic heterocycles. The SMILES string of the molecule is CC(C)(C)OC(=O)NCc1cc2cc(Br)cc(C(F)(F)F)c2s1. The lowest BCUT2D eigenvalue weighted by Gasteiger charge is -2.19. The molecule has 0 atom stereocenters. The van der Waals surface area contributed by atoms with E-state index in [4.69, 9.17) is 4.74 Å². The summed E-state index contributed by atoms with van der Waals surface area (Å²) in [7, 11) is 0. The van der Waals surface area contributed by atoms with Crippen LogP contribution in [0, 0.1) is 0 Å². The number of ether oxygens (including phenoxy) is 1. The van der Waals surface area contributed by atoms with Gasteiger partial charge in [0.25, 0.3) is 0 Å². The summed E-state index contributed by atoms with van der Waals surface area (Å²) >= 11 is 4.10. The van der Waals surface area contributed by atoms with Gasteiger partial charge in [-0.05, 0) is 44.4 Å². The van der Waals surface area contributed by atoms with Crippen molar-refractivity contribution in [2.45, 2.75) is 39.1 Å². The number of thiophene rings is 1. The van der Waals surface area contributed by atoms with Gasteiger partial charge >= 0.3 is 12.3 Å². The van der Waals surface area contributed by atoms with Gasteiger partial charge in [0.2, 0.25) is 0 Å². The first-order chi connectivity index (χ1) is 10.5. The number of hydrogen-bond acceptors (Lipinski definition) is 3. The molecule has 0 fully saturated rings. The van der Waals surface area contributed by atoms with Gasteiger partial charge in [0.15, 0.2) is 0 Å². The monoisotopic (exact) mass is 409 g/mol. The molecule has 2 aromatic rings. The average molecular weight is 410 g/mol. The van der Waals surface area contributed by atoms with E-state index < -0.39 is 23.4 Å². The van der Waals surface area contributed by atoms with Crippen LogP contribution in [0.4, 0.5) is 18.0 Å². The van der Waals surface area contributed by atoms with E-state index in [0.29, 0.717) is 14.7 Å². The van der Waals surface area contributed by atoms with Crippen molar-refractivity contribution in [1.29, 1.82) is 0 Å². The van der Waals surface area contributed by atoms with Gasteiger partial charge in [-0.1, -0.05) is 15.9 Å². The van der Waals surface area contributed by atoms with Crippen molar-refractivity contribution in [2.75, 3.05) is 0 Å². The van der Waals surface area contributed by atoms with Crippen molar-refractivity contribution in [3.05, 3.63) is 33.1 Å². The first-order valence-electron chi connectivity index (χ1n) is 6.72. The molecule has 0 saturated carbocycles. The van der Waals surface area contributed by atoms with E-state index in [1.807, 2.05) is 0 Å². The maximum atomic E-state index is 13.1. The van der Waals surface area contributed by atoms with Crippen LogP contribution in [0.3, 0.4) is 0 Å². The summed E-state index contributed by atoms with van der Waals surface area (Å²) in [6.07, 6.45) is -5.03. The number of benzene rings is 1. The third-order valence-corrected chi connectivity index (χ3v) is 4.39. The fraction of sp³-hybridized carbons (Fsp3) is 0.400. The molecule has 3 nitrogen and oxygen atoms in total. The molecule has 0 saturated heterocycles. The summed E-state index contributed by atoms with van der Waals surface area (Å²) in [6, 6.07) is 4.32. The van der Waals surface area contributed by atoms with E-state index in [1.165, 1.54) is 0 Å². The van der Waals surface area contributed by atoms with Gasteiger partial charge in [-0.3, -0.25) is 0 Å². The number of carbonyl (C=O) groups is 1. The Labute approximate surface area is 143 Å². The minimum absolute atomic E-state index is 0.114. The van der Waals surface area contributed by atoms with Crippen LogP contribution in [0.5, 0.6) is 0 Å². The molecule has 8 heteroatoms. The van der Waals surface area contributed by atoms with Gasteiger partial charge in [-0.25, -0.2) is 4.79 Å². The number of amides is 1. The van der Waals surface area contributed by atoms with Gasteiger partial charge < -0.3 is 10.1 Å². The zero-order chi connectivity index (χ0) is 17.4. The van der Waals surface area contributed by atoms with E-state index in [0.717, 1.165) is 17.4 Å². The minimum atomic E-state index is -4.43. The molecule has 2 rings (SSSR count). The number of nitrogens with one attached hydrogen (secondary N) is 1. The molecule has 126 valence electrons. The van der Waals surface area contributed by atoms with Crippen LogP contribution < -0.4 is 5.32 Å². The van der Waals surface area contributed by atoms with Gasteiger partial charge in [-0.15, -0.1) is 11.3 Å². The Morgan fingerprint density at radius 1 is 1.26 bits per heavy atom. The number of rotatable bonds is 2. The molecule has 1 amide bonds. The van der Waals surface area contributed by atoms with Gasteiger partial charge in [-0.2, -0.15) is 13.2 Å². The lowest BCUT2D eigenvalue weighted by atomic mass is 10.1. The Hall–Kier alpha value is -1.28. The summed E-state index contributed by atoms with van der Waals surface area (Å²) in [5.41, 5.74) is -1.31. The molecular formula is C15H15BrF3NO2S. The highest BCUT2D eigenvalue weighted by molar-refractivity contribution is 9.10. The standard InChI is InChI=1S/C15H15BrF3NO2S/c1-14(2,3)22-13(21)20-7-10-5-8-4-9(16)6-11(12(8)23-10)15(17,18)19/h4-6H,7H2,1-3H3,(H,20,21). The molecule has 0 aliphatic carbocycles. The largest absolute Gasteiger partial charge is 0.444 e. The van der Waals surface area contributed by atoms with Crippen LogP contribution in [0.1, 0.15) is 31.2 Å². The summed E-state index contributed by atoms with van der Waals surface area (Å²) < 4.78 is 44.9. The van der Waals surface area contributed by atoms with E-state index in [1.54, 1.807) is 32.9 Å². The molecule has 1 aromatic carbocycles. The van der Waals surface area contributed by atoms with Gasteiger partial charge in [0.1, 0.15) is 5.60 Å². The van der Waals surface area contributed by atoms with Gasteiger partial charge in [0.05, 0.1) is 12.1 Å². The molecule has 0 unspecified atom stereocenters. The van der Waals surface area contributed by atoms with Gasteiger partial charge in [0, 0.05) is 14.0 Å². The van der Waals surface area contributed by atoms with Crippen molar-refractivity contribution in [3.63, 3.8) is 0 Å². The molecule has 1 N–H and O–H groups in total. The molecule has 0 bridgehead atoms. The smallest absolute Gasteiger partial charge is 0.417 e. The van der Waals surface area contributed by atoms with Crippen LogP contribution in [0.15, 0.2) is 22.7 Å². The quantitative estimate of drug-likeness (QED) is 0.689. The predicted octanol–water partition coefficient (Wildman–Crippen LogP) is 5.71. The molecule has 0 radical (unpaired) electrons. The van der Waals surface area contributed by atoms with Crippen molar-refractivity contribution >= 4 is 43.4 Å². The van der Waals surface area contributed by atoms with Crippen LogP contribution >= 0.6 is 27.3 Å². The second-order valence-electron chi connectivity index (χ2n) is 5.94. The number of alkyl halides is 3. The number of fused-ring (bicyclic) bond motifs is 1. The summed E-state index contributed by atoms with van der Waals surface area (Å²) in [5.74, 6) is 0. The average Bonchev–Trinajstić information content (AvgIpc) is 2.74. The maximum absolute atomic E-state index is 13.1. The van der Waals surface area contributed by atoms with Crippen LogP contribution in [-0.4, -0.2) is 11.7 Å². The normalized spacial score (nSPS) is 12.5. The van der Waals surface area contributed by atoms with Crippen LogP contribution in [0.2, 0.25) is 0 Å². The maximum Gasteiger partial charge on any atom is 0.417 e. The third-order valence-electron chi connectivity index (χ3n) is 2.74. The fourth-order valence-corrected chi connectivity index (χ4v) is 3.53. The minimum Gasteiger partial charge on any atom is -0.444 e. The first kappa shape index (κ1) is 18.1. The van der Waals surface area contributed by atoms with Crippen LogP contribution in [0.25, 0.3) is 10.1 Å². The van der Waals surface area contributed by atoms with Crippen molar-refractivity contribution in [3.8, 4) is 0 Å². The Bertz CT molecular complexity index is 735. The van der Waals surface area contributed by atoms with Crippen molar-refractivity contribution < 1.29 is 22.7 Å². The zero-order valence-electron chi connectivity index (χ0n) is 12.7. The van der Waals surface area contributed by atoms with Crippen molar-refractivity contribution in [2.24, 2.45) is 0 Å². The molecule has 0 spiro atoms. The Morgan fingerprint density at radius 2 is 1.91 bits per heavy atom. The Balaban J connectivity index is 2.22. The van der Waals surface area contributed by atoms with E-state index in [9.17, 15) is 18.0 Å². The number of carbonyl (C=O) groups excluding carboxylic acids is 1. The number of alkyl carbamates (subject to hydrolysis) is 1. The fourth-order valence-electron chi connectivity index (χ4n) is 1.94. The first-order valence-corrected chi connectivity index (χ1v) is 8.33. The highest BCUT2D eigenvalue weighted by Crippen LogP contribution is 2.40. The van der Waals surface area contributed by atoms with Crippen LogP contribution in [-0.2, 0) is 17.5 Å².